The van der Waals surface area contributed by atoms with Crippen LogP contribution >= 0.6 is 0 Å². The van der Waals surface area contributed by atoms with E-state index in [1.165, 1.54) is 13.2 Å². The Morgan fingerprint density at radius 1 is 0.944 bits per heavy atom. The SMILES string of the molecule is CC(=O)Nc1cc(C(=O)N2CCN(C(=O)c3ccco3)CC2)c2c(c1)nc(C)n2Cc1ccccc1. The van der Waals surface area contributed by atoms with Gasteiger partial charge in [-0.3, -0.25) is 14.4 Å². The summed E-state index contributed by atoms with van der Waals surface area (Å²) in [5, 5.41) is 2.79. The van der Waals surface area contributed by atoms with E-state index in [1.807, 2.05) is 41.8 Å². The Labute approximate surface area is 208 Å². The van der Waals surface area contributed by atoms with E-state index in [0.29, 0.717) is 55.3 Å². The second-order valence-electron chi connectivity index (χ2n) is 8.87. The lowest BCUT2D eigenvalue weighted by atomic mass is 10.1. The van der Waals surface area contributed by atoms with Gasteiger partial charge in [-0.25, -0.2) is 4.98 Å². The van der Waals surface area contributed by atoms with Crippen molar-refractivity contribution < 1.29 is 18.8 Å². The second-order valence-corrected chi connectivity index (χ2v) is 8.87. The van der Waals surface area contributed by atoms with Crippen molar-refractivity contribution >= 4 is 34.4 Å². The minimum Gasteiger partial charge on any atom is -0.459 e. The Morgan fingerprint density at radius 2 is 1.64 bits per heavy atom. The molecule has 0 atom stereocenters. The number of piperazine rings is 1. The Kier molecular flexibility index (Phi) is 6.28. The van der Waals surface area contributed by atoms with E-state index >= 15 is 0 Å². The van der Waals surface area contributed by atoms with Crippen molar-refractivity contribution in [1.29, 1.82) is 0 Å². The van der Waals surface area contributed by atoms with Crippen LogP contribution in [0.25, 0.3) is 11.0 Å². The maximum atomic E-state index is 13.8. The summed E-state index contributed by atoms with van der Waals surface area (Å²) < 4.78 is 7.27. The summed E-state index contributed by atoms with van der Waals surface area (Å²) in [6.07, 6.45) is 1.47. The van der Waals surface area contributed by atoms with Crippen LogP contribution in [0.4, 0.5) is 5.69 Å². The number of aromatic nitrogens is 2. The molecule has 9 heteroatoms. The number of benzene rings is 2. The zero-order chi connectivity index (χ0) is 25.2. The lowest BCUT2D eigenvalue weighted by Crippen LogP contribution is -2.50. The Balaban J connectivity index is 1.47. The summed E-state index contributed by atoms with van der Waals surface area (Å²) in [5.41, 5.74) is 3.46. The molecule has 0 aliphatic carbocycles. The van der Waals surface area contributed by atoms with E-state index in [0.717, 1.165) is 16.9 Å². The number of imidazole rings is 1. The monoisotopic (exact) mass is 485 g/mol. The molecule has 4 aromatic rings. The molecule has 0 radical (unpaired) electrons. The first-order valence-corrected chi connectivity index (χ1v) is 11.8. The van der Waals surface area contributed by atoms with Crippen molar-refractivity contribution in [2.45, 2.75) is 20.4 Å². The fourth-order valence-corrected chi connectivity index (χ4v) is 4.62. The van der Waals surface area contributed by atoms with Gasteiger partial charge in [-0.2, -0.15) is 0 Å². The van der Waals surface area contributed by atoms with Crippen molar-refractivity contribution in [3.8, 4) is 0 Å². The van der Waals surface area contributed by atoms with Crippen molar-refractivity contribution in [1.82, 2.24) is 19.4 Å². The molecule has 0 bridgehead atoms. The van der Waals surface area contributed by atoms with E-state index in [9.17, 15) is 14.4 Å². The summed E-state index contributed by atoms with van der Waals surface area (Å²) in [6, 6.07) is 16.8. The average molecular weight is 486 g/mol. The summed E-state index contributed by atoms with van der Waals surface area (Å²) in [6.45, 7) is 5.50. The molecule has 0 saturated carbocycles. The number of carbonyl (C=O) groups is 3. The Bertz CT molecular complexity index is 1420. The Hall–Kier alpha value is -4.40. The van der Waals surface area contributed by atoms with Crippen molar-refractivity contribution in [2.75, 3.05) is 31.5 Å². The number of hydrogen-bond donors (Lipinski definition) is 1. The maximum Gasteiger partial charge on any atom is 0.289 e. The molecule has 36 heavy (non-hydrogen) atoms. The first-order chi connectivity index (χ1) is 17.4. The summed E-state index contributed by atoms with van der Waals surface area (Å²) in [7, 11) is 0. The zero-order valence-corrected chi connectivity index (χ0v) is 20.2. The molecule has 1 fully saturated rings. The molecule has 9 nitrogen and oxygen atoms in total. The molecule has 2 aromatic carbocycles. The quantitative estimate of drug-likeness (QED) is 0.466. The minimum absolute atomic E-state index is 0.161. The predicted octanol–water partition coefficient (Wildman–Crippen LogP) is 3.54. The average Bonchev–Trinajstić information content (AvgIpc) is 3.52. The number of nitrogens with zero attached hydrogens (tertiary/aromatic N) is 4. The van der Waals surface area contributed by atoms with Gasteiger partial charge in [0.25, 0.3) is 11.8 Å². The number of aryl methyl sites for hydroxylation is 1. The molecule has 3 amide bonds. The van der Waals surface area contributed by atoms with Gasteiger partial charge in [-0.15, -0.1) is 0 Å². The van der Waals surface area contributed by atoms with Crippen molar-refractivity contribution in [3.63, 3.8) is 0 Å². The number of anilines is 1. The maximum absolute atomic E-state index is 13.8. The third kappa shape index (κ3) is 4.59. The molecule has 5 rings (SSSR count). The highest BCUT2D eigenvalue weighted by molar-refractivity contribution is 6.07. The fourth-order valence-electron chi connectivity index (χ4n) is 4.62. The van der Waals surface area contributed by atoms with Gasteiger partial charge in [0.1, 0.15) is 5.82 Å². The van der Waals surface area contributed by atoms with Crippen LogP contribution in [0.5, 0.6) is 0 Å². The summed E-state index contributed by atoms with van der Waals surface area (Å²) >= 11 is 0. The third-order valence-electron chi connectivity index (χ3n) is 6.35. The van der Waals surface area contributed by atoms with E-state index < -0.39 is 0 Å². The Morgan fingerprint density at radius 3 is 2.28 bits per heavy atom. The number of hydrogen-bond acceptors (Lipinski definition) is 5. The van der Waals surface area contributed by atoms with Crippen molar-refractivity contribution in [2.24, 2.45) is 0 Å². The number of nitrogens with one attached hydrogen (secondary N) is 1. The molecule has 1 aliphatic rings. The molecule has 0 spiro atoms. The largest absolute Gasteiger partial charge is 0.459 e. The minimum atomic E-state index is -0.224. The van der Waals surface area contributed by atoms with E-state index in [1.54, 1.807) is 34.1 Å². The zero-order valence-electron chi connectivity index (χ0n) is 20.2. The van der Waals surface area contributed by atoms with Crippen LogP contribution in [0.15, 0.2) is 65.3 Å². The van der Waals surface area contributed by atoms with E-state index in [4.69, 9.17) is 9.40 Å². The van der Waals surface area contributed by atoms with Gasteiger partial charge in [0.05, 0.1) is 22.9 Å². The molecule has 0 unspecified atom stereocenters. The van der Waals surface area contributed by atoms with Crippen LogP contribution in [0.1, 0.15) is 39.2 Å². The molecule has 1 N–H and O–H groups in total. The smallest absolute Gasteiger partial charge is 0.289 e. The topological polar surface area (TPSA) is 101 Å². The van der Waals surface area contributed by atoms with Crippen LogP contribution < -0.4 is 5.32 Å². The number of furan rings is 1. The lowest BCUT2D eigenvalue weighted by molar-refractivity contribution is -0.114. The highest BCUT2D eigenvalue weighted by Gasteiger charge is 2.29. The number of carbonyl (C=O) groups excluding carboxylic acids is 3. The first kappa shape index (κ1) is 23.3. The van der Waals surface area contributed by atoms with Crippen LogP contribution in [0.3, 0.4) is 0 Å². The number of fused-ring (bicyclic) bond motifs is 1. The highest BCUT2D eigenvalue weighted by Crippen LogP contribution is 2.28. The van der Waals surface area contributed by atoms with Crippen LogP contribution in [-0.4, -0.2) is 63.3 Å². The first-order valence-electron chi connectivity index (χ1n) is 11.8. The standard InChI is InChI=1S/C27H27N5O4/c1-18-28-23-16-21(29-19(2)33)15-22(25(23)32(18)17-20-7-4-3-5-8-20)26(34)30-10-12-31(13-11-30)27(35)24-9-6-14-36-24/h3-9,14-16H,10-13,17H2,1-2H3,(H,29,33). The van der Waals surface area contributed by atoms with Crippen LogP contribution in [-0.2, 0) is 11.3 Å². The predicted molar refractivity (Wildman–Crippen MR) is 135 cm³/mol. The third-order valence-corrected chi connectivity index (χ3v) is 6.35. The highest BCUT2D eigenvalue weighted by atomic mass is 16.3. The van der Waals surface area contributed by atoms with Gasteiger partial charge in [0.2, 0.25) is 5.91 Å². The molecule has 1 saturated heterocycles. The normalized spacial score (nSPS) is 13.7. The second kappa shape index (κ2) is 9.69. The summed E-state index contributed by atoms with van der Waals surface area (Å²) in [5.74, 6) is 0.500. The number of rotatable bonds is 5. The van der Waals surface area contributed by atoms with Gasteiger partial charge >= 0.3 is 0 Å². The molecule has 1 aliphatic heterocycles. The van der Waals surface area contributed by atoms with E-state index in [2.05, 4.69) is 5.32 Å². The van der Waals surface area contributed by atoms with Crippen molar-refractivity contribution in [3.05, 3.63) is 83.6 Å². The fraction of sp³-hybridized carbons (Fsp3) is 0.259. The molecular weight excluding hydrogens is 458 g/mol. The van der Waals surface area contributed by atoms with Gasteiger partial charge in [-0.05, 0) is 36.8 Å². The van der Waals surface area contributed by atoms with Gasteiger partial charge in [0, 0.05) is 45.3 Å². The molecule has 184 valence electrons. The van der Waals surface area contributed by atoms with Crippen LogP contribution in [0.2, 0.25) is 0 Å². The van der Waals surface area contributed by atoms with Gasteiger partial charge < -0.3 is 24.1 Å². The van der Waals surface area contributed by atoms with Gasteiger partial charge in [0.15, 0.2) is 5.76 Å². The molecule has 2 aromatic heterocycles. The lowest BCUT2D eigenvalue weighted by Gasteiger charge is -2.34. The molecule has 3 heterocycles. The van der Waals surface area contributed by atoms with Gasteiger partial charge in [-0.1, -0.05) is 30.3 Å². The molecular formula is C27H27N5O4. The van der Waals surface area contributed by atoms with Crippen LogP contribution in [0, 0.1) is 6.92 Å². The summed E-state index contributed by atoms with van der Waals surface area (Å²) in [4.78, 5) is 46.4. The number of amides is 3. The van der Waals surface area contributed by atoms with E-state index in [-0.39, 0.29) is 17.7 Å².